The van der Waals surface area contributed by atoms with Crippen molar-refractivity contribution < 1.29 is 14.6 Å². The van der Waals surface area contributed by atoms with Crippen molar-refractivity contribution in [3.05, 3.63) is 29.8 Å². The molecule has 0 aliphatic heterocycles. The summed E-state index contributed by atoms with van der Waals surface area (Å²) in [5.74, 6) is -0.441. The first-order chi connectivity index (χ1) is 16.8. The Bertz CT molecular complexity index is 584. The standard InChI is InChI=1S/C31H54O3/c1-2-3-4-5-6-7-8-9-10-11-12-13-14-15-16-17-18-19-20-21-22-25-28-34-31(33)29-26-23-24-27-30(29)32/h23-24,26-27,32H,2-22,25,28H2,1H3. The highest BCUT2D eigenvalue weighted by Gasteiger charge is 2.10. The van der Waals surface area contributed by atoms with Crippen molar-refractivity contribution in [2.75, 3.05) is 6.61 Å². The molecule has 0 unspecified atom stereocenters. The third kappa shape index (κ3) is 17.9. The topological polar surface area (TPSA) is 46.5 Å². The second kappa shape index (κ2) is 23.2. The molecule has 1 aromatic carbocycles. The van der Waals surface area contributed by atoms with Gasteiger partial charge in [-0.15, -0.1) is 0 Å². The fourth-order valence-electron chi connectivity index (χ4n) is 4.60. The quantitative estimate of drug-likeness (QED) is 0.120. The summed E-state index contributed by atoms with van der Waals surface area (Å²) in [7, 11) is 0. The first-order valence-electron chi connectivity index (χ1n) is 14.7. The molecular formula is C31H54O3. The number of carbonyl (C=O) groups excluding carboxylic acids is 1. The fraction of sp³-hybridized carbons (Fsp3) is 0.774. The van der Waals surface area contributed by atoms with Crippen molar-refractivity contribution >= 4 is 5.97 Å². The molecule has 0 spiro atoms. The molecule has 1 N–H and O–H groups in total. The molecule has 0 atom stereocenters. The van der Waals surface area contributed by atoms with E-state index in [-0.39, 0.29) is 11.3 Å². The van der Waals surface area contributed by atoms with Gasteiger partial charge in [-0.3, -0.25) is 0 Å². The minimum absolute atomic E-state index is 0.0124. The number of hydrogen-bond donors (Lipinski definition) is 1. The number of ether oxygens (including phenoxy) is 1. The molecule has 1 rings (SSSR count). The van der Waals surface area contributed by atoms with Crippen LogP contribution in [0.5, 0.6) is 5.75 Å². The molecule has 0 saturated heterocycles. The lowest BCUT2D eigenvalue weighted by Crippen LogP contribution is -2.06. The van der Waals surface area contributed by atoms with E-state index in [2.05, 4.69) is 6.92 Å². The highest BCUT2D eigenvalue weighted by molar-refractivity contribution is 5.92. The minimum Gasteiger partial charge on any atom is -0.507 e. The Hall–Kier alpha value is -1.51. The van der Waals surface area contributed by atoms with Crippen LogP contribution in [0.2, 0.25) is 0 Å². The average Bonchev–Trinajstić information content (AvgIpc) is 2.84. The zero-order chi connectivity index (χ0) is 24.5. The van der Waals surface area contributed by atoms with Gasteiger partial charge in [0, 0.05) is 0 Å². The van der Waals surface area contributed by atoms with Gasteiger partial charge in [0.1, 0.15) is 11.3 Å². The van der Waals surface area contributed by atoms with Crippen LogP contribution in [0.3, 0.4) is 0 Å². The maximum absolute atomic E-state index is 11.9. The highest BCUT2D eigenvalue weighted by Crippen LogP contribution is 2.17. The van der Waals surface area contributed by atoms with Crippen LogP contribution >= 0.6 is 0 Å². The molecule has 0 fully saturated rings. The number of aromatic hydroxyl groups is 1. The molecule has 3 heteroatoms. The summed E-state index contributed by atoms with van der Waals surface area (Å²) in [6.45, 7) is 2.73. The van der Waals surface area contributed by atoms with E-state index in [1.54, 1.807) is 18.2 Å². The van der Waals surface area contributed by atoms with Crippen LogP contribution in [-0.2, 0) is 4.74 Å². The third-order valence-electron chi connectivity index (χ3n) is 6.86. The Morgan fingerprint density at radius 3 is 1.32 bits per heavy atom. The summed E-state index contributed by atoms with van der Waals surface area (Å²) in [4.78, 5) is 11.9. The van der Waals surface area contributed by atoms with Crippen molar-refractivity contribution in [2.45, 2.75) is 148 Å². The van der Waals surface area contributed by atoms with E-state index >= 15 is 0 Å². The lowest BCUT2D eigenvalue weighted by molar-refractivity contribution is 0.0494. The Balaban J connectivity index is 1.72. The maximum Gasteiger partial charge on any atom is 0.341 e. The lowest BCUT2D eigenvalue weighted by atomic mass is 10.0. The summed E-state index contributed by atoms with van der Waals surface area (Å²) in [6, 6.07) is 6.54. The molecule has 0 radical (unpaired) electrons. The molecule has 0 bridgehead atoms. The Kier molecular flexibility index (Phi) is 20.9. The first kappa shape index (κ1) is 30.5. The second-order valence-corrected chi connectivity index (χ2v) is 10.1. The Morgan fingerprint density at radius 2 is 0.941 bits per heavy atom. The van der Waals surface area contributed by atoms with E-state index in [1.807, 2.05) is 0 Å². The lowest BCUT2D eigenvalue weighted by Gasteiger charge is -2.06. The number of unbranched alkanes of at least 4 members (excludes halogenated alkanes) is 21. The maximum atomic E-state index is 11.9. The van der Waals surface area contributed by atoms with Crippen LogP contribution in [0.15, 0.2) is 24.3 Å². The number of phenols is 1. The van der Waals surface area contributed by atoms with E-state index in [1.165, 1.54) is 134 Å². The predicted molar refractivity (Wildman–Crippen MR) is 146 cm³/mol. The summed E-state index contributed by atoms with van der Waals surface area (Å²) in [6.07, 6.45) is 30.1. The number of carbonyl (C=O) groups is 1. The molecule has 3 nitrogen and oxygen atoms in total. The van der Waals surface area contributed by atoms with Crippen molar-refractivity contribution in [1.29, 1.82) is 0 Å². The molecule has 0 saturated carbocycles. The largest absolute Gasteiger partial charge is 0.507 e. The number of phenolic OH excluding ortho intramolecular Hbond substituents is 1. The van der Waals surface area contributed by atoms with Gasteiger partial charge in [0.25, 0.3) is 0 Å². The van der Waals surface area contributed by atoms with Gasteiger partial charge >= 0.3 is 5.97 Å². The van der Waals surface area contributed by atoms with Crippen molar-refractivity contribution in [3.63, 3.8) is 0 Å². The van der Waals surface area contributed by atoms with Crippen LogP contribution in [-0.4, -0.2) is 17.7 Å². The minimum atomic E-state index is -0.429. The molecule has 0 amide bonds. The number of benzene rings is 1. The highest BCUT2D eigenvalue weighted by atomic mass is 16.5. The van der Waals surface area contributed by atoms with Gasteiger partial charge < -0.3 is 9.84 Å². The fourth-order valence-corrected chi connectivity index (χ4v) is 4.60. The van der Waals surface area contributed by atoms with E-state index in [4.69, 9.17) is 4.74 Å². The van der Waals surface area contributed by atoms with E-state index in [0.717, 1.165) is 12.8 Å². The predicted octanol–water partition coefficient (Wildman–Crippen LogP) is 10.2. The smallest absolute Gasteiger partial charge is 0.341 e. The number of hydrogen-bond acceptors (Lipinski definition) is 3. The summed E-state index contributed by atoms with van der Waals surface area (Å²) in [5, 5.41) is 9.66. The van der Waals surface area contributed by atoms with Gasteiger partial charge in [0.15, 0.2) is 0 Å². The zero-order valence-corrected chi connectivity index (χ0v) is 22.3. The van der Waals surface area contributed by atoms with Crippen molar-refractivity contribution in [2.24, 2.45) is 0 Å². The third-order valence-corrected chi connectivity index (χ3v) is 6.86. The van der Waals surface area contributed by atoms with Crippen LogP contribution in [0.25, 0.3) is 0 Å². The number of rotatable bonds is 24. The number of esters is 1. The van der Waals surface area contributed by atoms with Gasteiger partial charge in [0.2, 0.25) is 0 Å². The van der Waals surface area contributed by atoms with Gasteiger partial charge in [-0.05, 0) is 18.6 Å². The first-order valence-corrected chi connectivity index (χ1v) is 14.7. The molecule has 1 aromatic rings. The second-order valence-electron chi connectivity index (χ2n) is 10.1. The van der Waals surface area contributed by atoms with Crippen LogP contribution in [0.4, 0.5) is 0 Å². The normalized spacial score (nSPS) is 11.1. The molecule has 0 aliphatic carbocycles. The molecule has 0 aliphatic rings. The summed E-state index contributed by atoms with van der Waals surface area (Å²) < 4.78 is 5.25. The van der Waals surface area contributed by atoms with Crippen LogP contribution < -0.4 is 0 Å². The Morgan fingerprint density at radius 1 is 0.588 bits per heavy atom. The van der Waals surface area contributed by atoms with Gasteiger partial charge in [0.05, 0.1) is 6.61 Å². The molecule has 196 valence electrons. The van der Waals surface area contributed by atoms with Gasteiger partial charge in [-0.25, -0.2) is 4.79 Å². The summed E-state index contributed by atoms with van der Waals surface area (Å²) >= 11 is 0. The molecular weight excluding hydrogens is 420 g/mol. The average molecular weight is 475 g/mol. The van der Waals surface area contributed by atoms with Gasteiger partial charge in [-0.1, -0.05) is 154 Å². The van der Waals surface area contributed by atoms with Crippen molar-refractivity contribution in [1.82, 2.24) is 0 Å². The van der Waals surface area contributed by atoms with Crippen molar-refractivity contribution in [3.8, 4) is 5.75 Å². The molecule has 0 aromatic heterocycles. The van der Waals surface area contributed by atoms with Crippen LogP contribution in [0.1, 0.15) is 159 Å². The van der Waals surface area contributed by atoms with Crippen LogP contribution in [0, 0.1) is 0 Å². The molecule has 0 heterocycles. The monoisotopic (exact) mass is 474 g/mol. The number of para-hydroxylation sites is 1. The Labute approximate surface area is 211 Å². The van der Waals surface area contributed by atoms with E-state index in [9.17, 15) is 9.90 Å². The van der Waals surface area contributed by atoms with E-state index < -0.39 is 5.97 Å². The SMILES string of the molecule is CCCCCCCCCCCCCCCCCCCCCCCCOC(=O)c1ccccc1O. The summed E-state index contributed by atoms with van der Waals surface area (Å²) in [5.41, 5.74) is 0.251. The van der Waals surface area contributed by atoms with E-state index in [0.29, 0.717) is 6.61 Å². The van der Waals surface area contributed by atoms with Gasteiger partial charge in [-0.2, -0.15) is 0 Å². The zero-order valence-electron chi connectivity index (χ0n) is 22.3. The molecule has 34 heavy (non-hydrogen) atoms.